The van der Waals surface area contributed by atoms with Crippen LogP contribution in [0.2, 0.25) is 5.15 Å². The van der Waals surface area contributed by atoms with Gasteiger partial charge in [-0.3, -0.25) is 4.79 Å². The summed E-state index contributed by atoms with van der Waals surface area (Å²) in [4.78, 5) is 18.2. The number of carbonyl (C=O) groups is 1. The highest BCUT2D eigenvalue weighted by Crippen LogP contribution is 2.29. The number of nitrogens with one attached hydrogen (secondary N) is 1. The third kappa shape index (κ3) is 4.53. The standard InChI is InChI=1S/C23H18ClN3OS/c1-27(17-9-3-2-4-10-17)29-18-11-7-8-16(14-18)25-23(28)20-15-22(24)26-21-13-6-5-12-19(20)21/h2-15H,1H3,(H,25,28). The average Bonchev–Trinajstić information content (AvgIpc) is 2.74. The molecule has 0 radical (unpaired) electrons. The van der Waals surface area contributed by atoms with Crippen molar-refractivity contribution < 1.29 is 4.79 Å². The highest BCUT2D eigenvalue weighted by molar-refractivity contribution is 8.00. The predicted molar refractivity (Wildman–Crippen MR) is 122 cm³/mol. The first kappa shape index (κ1) is 19.3. The Balaban J connectivity index is 1.55. The van der Waals surface area contributed by atoms with Crippen LogP contribution in [0, 0.1) is 0 Å². The lowest BCUT2D eigenvalue weighted by Crippen LogP contribution is -2.13. The van der Waals surface area contributed by atoms with Crippen LogP contribution in [0.5, 0.6) is 0 Å². The fraction of sp³-hybridized carbons (Fsp3) is 0.0435. The van der Waals surface area contributed by atoms with Crippen molar-refractivity contribution in [2.24, 2.45) is 0 Å². The Morgan fingerprint density at radius 1 is 0.966 bits per heavy atom. The molecule has 0 unspecified atom stereocenters. The molecular formula is C23H18ClN3OS. The van der Waals surface area contributed by atoms with Crippen LogP contribution in [-0.4, -0.2) is 17.9 Å². The Hall–Kier alpha value is -3.02. The summed E-state index contributed by atoms with van der Waals surface area (Å²) < 4.78 is 2.08. The van der Waals surface area contributed by atoms with Gasteiger partial charge in [0.05, 0.1) is 11.1 Å². The minimum atomic E-state index is -0.218. The topological polar surface area (TPSA) is 45.2 Å². The number of halogens is 1. The van der Waals surface area contributed by atoms with Gasteiger partial charge >= 0.3 is 0 Å². The summed E-state index contributed by atoms with van der Waals surface area (Å²) in [6.45, 7) is 0. The van der Waals surface area contributed by atoms with Crippen LogP contribution < -0.4 is 9.62 Å². The summed E-state index contributed by atoms with van der Waals surface area (Å²) in [6.07, 6.45) is 0. The highest BCUT2D eigenvalue weighted by Gasteiger charge is 2.13. The maximum atomic E-state index is 12.9. The molecule has 1 heterocycles. The number of nitrogens with zero attached hydrogens (tertiary/aromatic N) is 2. The van der Waals surface area contributed by atoms with Gasteiger partial charge in [-0.1, -0.05) is 54.1 Å². The Morgan fingerprint density at radius 2 is 1.72 bits per heavy atom. The zero-order valence-corrected chi connectivity index (χ0v) is 17.2. The van der Waals surface area contributed by atoms with E-state index in [1.807, 2.05) is 73.8 Å². The van der Waals surface area contributed by atoms with Crippen molar-refractivity contribution in [2.75, 3.05) is 16.7 Å². The summed E-state index contributed by atoms with van der Waals surface area (Å²) >= 11 is 7.70. The number of para-hydroxylation sites is 2. The molecule has 0 aliphatic carbocycles. The van der Waals surface area contributed by atoms with Crippen LogP contribution >= 0.6 is 23.5 Å². The van der Waals surface area contributed by atoms with E-state index in [9.17, 15) is 4.79 Å². The average molecular weight is 420 g/mol. The Labute approximate surface area is 178 Å². The summed E-state index contributed by atoms with van der Waals surface area (Å²) in [5.74, 6) is -0.218. The van der Waals surface area contributed by atoms with Crippen LogP contribution in [-0.2, 0) is 0 Å². The molecule has 4 rings (SSSR count). The van der Waals surface area contributed by atoms with Gasteiger partial charge in [-0.05, 0) is 54.4 Å². The van der Waals surface area contributed by atoms with Crippen LogP contribution in [0.4, 0.5) is 11.4 Å². The second kappa shape index (κ2) is 8.55. The van der Waals surface area contributed by atoms with Crippen molar-refractivity contribution in [2.45, 2.75) is 4.90 Å². The van der Waals surface area contributed by atoms with E-state index >= 15 is 0 Å². The fourth-order valence-corrected chi connectivity index (χ4v) is 4.07. The lowest BCUT2D eigenvalue weighted by Gasteiger charge is -2.18. The van der Waals surface area contributed by atoms with E-state index in [0.29, 0.717) is 16.2 Å². The maximum absolute atomic E-state index is 12.9. The second-order valence-corrected chi connectivity index (χ2v) is 8.00. The Morgan fingerprint density at radius 3 is 2.55 bits per heavy atom. The van der Waals surface area contributed by atoms with Crippen molar-refractivity contribution >= 4 is 51.7 Å². The molecule has 29 heavy (non-hydrogen) atoms. The number of fused-ring (bicyclic) bond motifs is 1. The molecule has 4 aromatic rings. The van der Waals surface area contributed by atoms with E-state index in [2.05, 4.69) is 26.7 Å². The minimum absolute atomic E-state index is 0.218. The van der Waals surface area contributed by atoms with Crippen LogP contribution in [0.25, 0.3) is 10.9 Å². The summed E-state index contributed by atoms with van der Waals surface area (Å²) in [6, 6.07) is 26.9. The molecule has 0 saturated heterocycles. The molecule has 6 heteroatoms. The minimum Gasteiger partial charge on any atom is -0.322 e. The van der Waals surface area contributed by atoms with E-state index in [-0.39, 0.29) is 5.91 Å². The number of hydrogen-bond donors (Lipinski definition) is 1. The number of amides is 1. The first-order valence-corrected chi connectivity index (χ1v) is 10.2. The molecule has 0 atom stereocenters. The van der Waals surface area contributed by atoms with Crippen molar-refractivity contribution in [1.29, 1.82) is 0 Å². The van der Waals surface area contributed by atoms with Crippen molar-refractivity contribution in [1.82, 2.24) is 4.98 Å². The van der Waals surface area contributed by atoms with Crippen molar-refractivity contribution in [3.8, 4) is 0 Å². The SMILES string of the molecule is CN(Sc1cccc(NC(=O)c2cc(Cl)nc3ccccc23)c1)c1ccccc1. The van der Waals surface area contributed by atoms with Gasteiger partial charge in [0.2, 0.25) is 0 Å². The number of hydrogen-bond acceptors (Lipinski definition) is 4. The number of aromatic nitrogens is 1. The third-order valence-corrected chi connectivity index (χ3v) is 5.53. The first-order valence-electron chi connectivity index (χ1n) is 9.03. The molecule has 0 spiro atoms. The summed E-state index contributed by atoms with van der Waals surface area (Å²) in [5.41, 5.74) is 3.02. The van der Waals surface area contributed by atoms with Gasteiger partial charge in [-0.15, -0.1) is 0 Å². The number of pyridine rings is 1. The zero-order chi connectivity index (χ0) is 20.2. The zero-order valence-electron chi connectivity index (χ0n) is 15.7. The molecule has 1 amide bonds. The van der Waals surface area contributed by atoms with Gasteiger partial charge in [0, 0.05) is 28.7 Å². The summed E-state index contributed by atoms with van der Waals surface area (Å²) in [7, 11) is 2.01. The Kier molecular flexibility index (Phi) is 5.69. The van der Waals surface area contributed by atoms with Crippen molar-refractivity contribution in [3.05, 3.63) is 95.6 Å². The second-order valence-electron chi connectivity index (χ2n) is 6.42. The molecular weight excluding hydrogens is 402 g/mol. The quantitative estimate of drug-likeness (QED) is 0.305. The molecule has 4 nitrogen and oxygen atoms in total. The molecule has 0 fully saturated rings. The number of carbonyl (C=O) groups excluding carboxylic acids is 1. The van der Waals surface area contributed by atoms with E-state index in [1.165, 1.54) is 0 Å². The van der Waals surface area contributed by atoms with Crippen LogP contribution in [0.3, 0.4) is 0 Å². The predicted octanol–water partition coefficient (Wildman–Crippen LogP) is 6.28. The van der Waals surface area contributed by atoms with E-state index in [0.717, 1.165) is 21.7 Å². The molecule has 1 N–H and O–H groups in total. The number of benzene rings is 3. The van der Waals surface area contributed by atoms with Gasteiger partial charge in [0.25, 0.3) is 5.91 Å². The monoisotopic (exact) mass is 419 g/mol. The van der Waals surface area contributed by atoms with Crippen molar-refractivity contribution in [3.63, 3.8) is 0 Å². The van der Waals surface area contributed by atoms with Gasteiger partial charge in [0.15, 0.2) is 0 Å². The molecule has 3 aromatic carbocycles. The van der Waals surface area contributed by atoms with E-state index in [1.54, 1.807) is 18.0 Å². The fourth-order valence-electron chi connectivity index (χ4n) is 3.01. The van der Waals surface area contributed by atoms with Gasteiger partial charge < -0.3 is 9.62 Å². The van der Waals surface area contributed by atoms with Gasteiger partial charge in [-0.25, -0.2) is 4.98 Å². The molecule has 144 valence electrons. The normalized spacial score (nSPS) is 10.7. The maximum Gasteiger partial charge on any atom is 0.256 e. The molecule has 0 aliphatic rings. The molecule has 0 saturated carbocycles. The molecule has 0 aliphatic heterocycles. The lowest BCUT2D eigenvalue weighted by molar-refractivity contribution is 0.102. The highest BCUT2D eigenvalue weighted by atomic mass is 35.5. The Bertz CT molecular complexity index is 1170. The smallest absolute Gasteiger partial charge is 0.256 e. The largest absolute Gasteiger partial charge is 0.322 e. The van der Waals surface area contributed by atoms with Gasteiger partial charge in [-0.2, -0.15) is 0 Å². The summed E-state index contributed by atoms with van der Waals surface area (Å²) in [5, 5.41) is 4.04. The van der Waals surface area contributed by atoms with Crippen LogP contribution in [0.15, 0.2) is 89.8 Å². The first-order chi connectivity index (χ1) is 14.1. The molecule has 1 aromatic heterocycles. The van der Waals surface area contributed by atoms with Crippen LogP contribution in [0.1, 0.15) is 10.4 Å². The number of rotatable bonds is 5. The third-order valence-electron chi connectivity index (χ3n) is 4.38. The molecule has 0 bridgehead atoms. The van der Waals surface area contributed by atoms with Gasteiger partial charge in [0.1, 0.15) is 5.15 Å². The number of anilines is 2. The lowest BCUT2D eigenvalue weighted by atomic mass is 10.1. The van der Waals surface area contributed by atoms with E-state index < -0.39 is 0 Å². The van der Waals surface area contributed by atoms with E-state index in [4.69, 9.17) is 11.6 Å².